The molecule has 3 saturated heterocycles. The Morgan fingerprint density at radius 3 is 2.46 bits per heavy atom. The van der Waals surface area contributed by atoms with Gasteiger partial charge in [-0.2, -0.15) is 0 Å². The Bertz CT molecular complexity index is 1080. The largest absolute Gasteiger partial charge is 0.367 e. The van der Waals surface area contributed by atoms with Crippen molar-refractivity contribution in [1.29, 1.82) is 0 Å². The van der Waals surface area contributed by atoms with Gasteiger partial charge in [0.15, 0.2) is 5.78 Å². The summed E-state index contributed by atoms with van der Waals surface area (Å²) in [5.74, 6) is -0.263. The van der Waals surface area contributed by atoms with E-state index < -0.39 is 23.7 Å². The summed E-state index contributed by atoms with van der Waals surface area (Å²) in [5.41, 5.74) is 9.64. The van der Waals surface area contributed by atoms with Gasteiger partial charge in [0, 0.05) is 23.1 Å². The summed E-state index contributed by atoms with van der Waals surface area (Å²) in [6.07, 6.45) is 4.25. The maximum atomic E-state index is 13.9. The lowest BCUT2D eigenvalue weighted by atomic mass is 9.88. The molecule has 1 aromatic rings. The number of carbonyl (C=O) groups excluding carboxylic acids is 3. The summed E-state index contributed by atoms with van der Waals surface area (Å²) in [6, 6.07) is 6.97. The molecule has 2 amide bonds. The summed E-state index contributed by atoms with van der Waals surface area (Å²) >= 11 is 0. The van der Waals surface area contributed by atoms with Crippen LogP contribution in [0.5, 0.6) is 0 Å². The van der Waals surface area contributed by atoms with E-state index in [1.165, 1.54) is 10.5 Å². The molecule has 0 unspecified atom stereocenters. The zero-order valence-corrected chi connectivity index (χ0v) is 21.6. The average molecular weight is 509 g/mol. The number of amides is 2. The highest BCUT2D eigenvalue weighted by atomic mass is 16.5. The minimum Gasteiger partial charge on any atom is -0.367 e. The molecule has 3 atom stereocenters. The van der Waals surface area contributed by atoms with Crippen molar-refractivity contribution in [2.45, 2.75) is 88.1 Å². The van der Waals surface area contributed by atoms with Gasteiger partial charge < -0.3 is 19.9 Å². The van der Waals surface area contributed by atoms with Crippen molar-refractivity contribution in [3.05, 3.63) is 45.8 Å². The van der Waals surface area contributed by atoms with Crippen molar-refractivity contribution in [2.75, 3.05) is 26.2 Å². The second kappa shape index (κ2) is 10.4. The number of piperidine rings is 1. The van der Waals surface area contributed by atoms with Gasteiger partial charge in [0.05, 0.1) is 12.1 Å². The molecule has 10 heteroatoms. The first kappa shape index (κ1) is 25.7. The number of Topliss-reactive ketones (excluding diaryl/α,β-unsaturated/α-hetero) is 1. The van der Waals surface area contributed by atoms with Gasteiger partial charge >= 0.3 is 0 Å². The Kier molecular flexibility index (Phi) is 7.25. The standard InChI is InChI=1S/C27H36N6O4/c1-17(2)32-13-9-19(10-14-32)18-5-7-20(8-6-18)25(35)29-27(11-3-4-12-27)26(36)33-15-21(30-31-28)24-23(33)22(34)16-37-24/h5-8,17,19,21,23-24H,3-4,9-16H2,1-2H3,(H,29,35)/t21-,23+,24+/m0/s1. The van der Waals surface area contributed by atoms with Crippen molar-refractivity contribution in [1.82, 2.24) is 15.1 Å². The quantitative estimate of drug-likeness (QED) is 0.359. The SMILES string of the molecule is CC(C)N1CCC(c2ccc(C(=O)NC3(C(=O)N4C[C@H](N=[N+]=[N-])[C@H]5OCC(=O)[C@H]54)CCCC3)cc2)CC1. The first-order valence-corrected chi connectivity index (χ1v) is 13.5. The molecule has 10 nitrogen and oxygen atoms in total. The molecule has 4 fully saturated rings. The molecule has 5 rings (SSSR count). The molecule has 3 heterocycles. The lowest BCUT2D eigenvalue weighted by Gasteiger charge is -2.35. The van der Waals surface area contributed by atoms with E-state index in [4.69, 9.17) is 10.3 Å². The third kappa shape index (κ3) is 4.85. The second-order valence-electron chi connectivity index (χ2n) is 11.2. The van der Waals surface area contributed by atoms with E-state index in [-0.39, 0.29) is 30.7 Å². The van der Waals surface area contributed by atoms with Gasteiger partial charge in [-0.3, -0.25) is 14.4 Å². The molecule has 0 aromatic heterocycles. The highest BCUT2D eigenvalue weighted by Gasteiger charge is 2.56. The Morgan fingerprint density at radius 2 is 1.84 bits per heavy atom. The van der Waals surface area contributed by atoms with E-state index >= 15 is 0 Å². The normalized spacial score (nSPS) is 27.8. The first-order chi connectivity index (χ1) is 17.8. The van der Waals surface area contributed by atoms with Crippen molar-refractivity contribution < 1.29 is 19.1 Å². The van der Waals surface area contributed by atoms with Crippen LogP contribution in [0.25, 0.3) is 10.4 Å². The van der Waals surface area contributed by atoms with Gasteiger partial charge in [-0.15, -0.1) is 0 Å². The second-order valence-corrected chi connectivity index (χ2v) is 11.2. The highest BCUT2D eigenvalue weighted by molar-refractivity contribution is 6.01. The lowest BCUT2D eigenvalue weighted by Crippen LogP contribution is -2.60. The smallest absolute Gasteiger partial charge is 0.252 e. The van der Waals surface area contributed by atoms with Crippen LogP contribution in [0.15, 0.2) is 29.4 Å². The van der Waals surface area contributed by atoms with Crippen molar-refractivity contribution in [3.63, 3.8) is 0 Å². The number of hydrogen-bond donors (Lipinski definition) is 1. The number of rotatable bonds is 6. The van der Waals surface area contributed by atoms with Crippen molar-refractivity contribution in [3.8, 4) is 0 Å². The topological polar surface area (TPSA) is 128 Å². The number of fused-ring (bicyclic) bond motifs is 1. The van der Waals surface area contributed by atoms with Crippen LogP contribution in [0, 0.1) is 0 Å². The highest BCUT2D eigenvalue weighted by Crippen LogP contribution is 2.37. The molecular formula is C27H36N6O4. The van der Waals surface area contributed by atoms with Crippen LogP contribution in [0.4, 0.5) is 0 Å². The summed E-state index contributed by atoms with van der Waals surface area (Å²) in [4.78, 5) is 46.6. The van der Waals surface area contributed by atoms with Gasteiger partial charge in [-0.25, -0.2) is 0 Å². The molecule has 198 valence electrons. The minimum absolute atomic E-state index is 0.0984. The van der Waals surface area contributed by atoms with Crippen LogP contribution in [0.3, 0.4) is 0 Å². The molecule has 1 N–H and O–H groups in total. The number of azide groups is 1. The fourth-order valence-electron chi connectivity index (χ4n) is 6.60. The molecule has 0 bridgehead atoms. The van der Waals surface area contributed by atoms with E-state index in [1.54, 1.807) is 0 Å². The minimum atomic E-state index is -1.07. The number of likely N-dealkylation sites (tertiary alicyclic amines) is 2. The van der Waals surface area contributed by atoms with Gasteiger partial charge in [-0.05, 0) is 81.8 Å². The zero-order valence-electron chi connectivity index (χ0n) is 21.6. The Labute approximate surface area is 217 Å². The van der Waals surface area contributed by atoms with Crippen LogP contribution in [0.2, 0.25) is 0 Å². The lowest BCUT2D eigenvalue weighted by molar-refractivity contribution is -0.142. The Hall–Kier alpha value is -2.94. The molecule has 37 heavy (non-hydrogen) atoms. The van der Waals surface area contributed by atoms with Crippen LogP contribution in [0.1, 0.15) is 74.2 Å². The van der Waals surface area contributed by atoms with E-state index in [9.17, 15) is 14.4 Å². The molecule has 1 aromatic carbocycles. The van der Waals surface area contributed by atoms with E-state index in [0.717, 1.165) is 38.8 Å². The summed E-state index contributed by atoms with van der Waals surface area (Å²) < 4.78 is 5.56. The number of nitrogens with one attached hydrogen (secondary N) is 1. The van der Waals surface area contributed by atoms with Gasteiger partial charge in [-0.1, -0.05) is 30.1 Å². The van der Waals surface area contributed by atoms with Gasteiger partial charge in [0.1, 0.15) is 18.2 Å². The number of benzene rings is 1. The molecular weight excluding hydrogens is 472 g/mol. The molecule has 4 aliphatic rings. The summed E-state index contributed by atoms with van der Waals surface area (Å²) in [7, 11) is 0. The number of nitrogens with zero attached hydrogens (tertiary/aromatic N) is 5. The fourth-order valence-corrected chi connectivity index (χ4v) is 6.60. The summed E-state index contributed by atoms with van der Waals surface area (Å²) in [6.45, 7) is 6.65. The third-order valence-corrected chi connectivity index (χ3v) is 8.74. The van der Waals surface area contributed by atoms with E-state index in [1.807, 2.05) is 24.3 Å². The van der Waals surface area contributed by atoms with Crippen molar-refractivity contribution in [2.24, 2.45) is 5.11 Å². The zero-order chi connectivity index (χ0) is 26.2. The van der Waals surface area contributed by atoms with Crippen LogP contribution >= 0.6 is 0 Å². The van der Waals surface area contributed by atoms with Crippen molar-refractivity contribution >= 4 is 17.6 Å². The number of ether oxygens (including phenoxy) is 1. The van der Waals surface area contributed by atoms with Crippen LogP contribution in [-0.4, -0.2) is 83.4 Å². The van der Waals surface area contributed by atoms with Crippen LogP contribution < -0.4 is 5.32 Å². The maximum Gasteiger partial charge on any atom is 0.252 e. The fraction of sp³-hybridized carbons (Fsp3) is 0.667. The van der Waals surface area contributed by atoms with Crippen LogP contribution in [-0.2, 0) is 14.3 Å². The molecule has 1 aliphatic carbocycles. The van der Waals surface area contributed by atoms with Gasteiger partial charge in [0.25, 0.3) is 5.91 Å². The molecule has 3 aliphatic heterocycles. The Morgan fingerprint density at radius 1 is 1.16 bits per heavy atom. The number of carbonyl (C=O) groups is 3. The molecule has 0 radical (unpaired) electrons. The Balaban J connectivity index is 1.29. The monoisotopic (exact) mass is 508 g/mol. The predicted molar refractivity (Wildman–Crippen MR) is 137 cm³/mol. The van der Waals surface area contributed by atoms with Gasteiger partial charge in [0.2, 0.25) is 5.91 Å². The molecule has 0 spiro atoms. The summed E-state index contributed by atoms with van der Waals surface area (Å²) in [5, 5.41) is 6.82. The molecule has 1 saturated carbocycles. The number of hydrogen-bond acceptors (Lipinski definition) is 6. The first-order valence-electron chi connectivity index (χ1n) is 13.5. The van der Waals surface area contributed by atoms with E-state index in [0.29, 0.717) is 30.4 Å². The maximum absolute atomic E-state index is 13.9. The van der Waals surface area contributed by atoms with E-state index in [2.05, 4.69) is 34.1 Å². The third-order valence-electron chi connectivity index (χ3n) is 8.74. The predicted octanol–water partition coefficient (Wildman–Crippen LogP) is 3.17. The number of ketones is 1. The average Bonchev–Trinajstić information content (AvgIpc) is 3.62.